The average molecular weight is 276 g/mol. The largest absolute Gasteiger partial charge is 0.543 e. The second-order valence-corrected chi connectivity index (χ2v) is 11.0. The summed E-state index contributed by atoms with van der Waals surface area (Å²) in [6, 6.07) is 5.65. The van der Waals surface area contributed by atoms with Crippen LogP contribution in [0.5, 0.6) is 5.75 Å². The molecule has 0 fully saturated rings. The molecule has 0 atom stereocenters. The summed E-state index contributed by atoms with van der Waals surface area (Å²) in [6.07, 6.45) is 3.34. The van der Waals surface area contributed by atoms with Gasteiger partial charge in [0, 0.05) is 11.1 Å². The average Bonchev–Trinajstić information content (AvgIpc) is 2.29. The van der Waals surface area contributed by atoms with E-state index in [0.29, 0.717) is 12.0 Å². The first-order chi connectivity index (χ1) is 8.73. The Balaban J connectivity index is 3.21. The lowest BCUT2D eigenvalue weighted by Gasteiger charge is -2.37. The van der Waals surface area contributed by atoms with Crippen molar-refractivity contribution in [1.82, 2.24) is 0 Å². The van der Waals surface area contributed by atoms with Crippen molar-refractivity contribution in [2.75, 3.05) is 0 Å². The second kappa shape index (κ2) is 5.74. The molecule has 0 bridgehead atoms. The van der Waals surface area contributed by atoms with Crippen molar-refractivity contribution in [3.63, 3.8) is 0 Å². The van der Waals surface area contributed by atoms with Crippen LogP contribution >= 0.6 is 0 Å². The van der Waals surface area contributed by atoms with E-state index in [9.17, 15) is 4.79 Å². The van der Waals surface area contributed by atoms with E-state index in [1.807, 2.05) is 18.2 Å². The lowest BCUT2D eigenvalue weighted by atomic mass is 10.0. The van der Waals surface area contributed by atoms with Crippen molar-refractivity contribution < 1.29 is 9.22 Å². The minimum Gasteiger partial charge on any atom is -0.543 e. The van der Waals surface area contributed by atoms with Gasteiger partial charge in [0.1, 0.15) is 12.0 Å². The molecule has 0 aliphatic carbocycles. The molecule has 0 aromatic heterocycles. The molecular formula is C16H24O2Si. The van der Waals surface area contributed by atoms with Gasteiger partial charge in [0.15, 0.2) is 0 Å². The van der Waals surface area contributed by atoms with Gasteiger partial charge in [-0.3, -0.25) is 4.79 Å². The summed E-state index contributed by atoms with van der Waals surface area (Å²) in [5.41, 5.74) is 1.63. The Labute approximate surface area is 117 Å². The number of hydrogen-bond acceptors (Lipinski definition) is 2. The Bertz CT molecular complexity index is 470. The van der Waals surface area contributed by atoms with Gasteiger partial charge >= 0.3 is 0 Å². The fourth-order valence-corrected chi connectivity index (χ4v) is 2.63. The smallest absolute Gasteiger partial charge is 0.250 e. The highest BCUT2D eigenvalue weighted by atomic mass is 28.4. The van der Waals surface area contributed by atoms with Crippen LogP contribution in [0.1, 0.15) is 36.7 Å². The van der Waals surface area contributed by atoms with Crippen molar-refractivity contribution in [2.24, 2.45) is 0 Å². The van der Waals surface area contributed by atoms with E-state index in [4.69, 9.17) is 4.43 Å². The number of aldehydes is 1. The van der Waals surface area contributed by atoms with Crippen LogP contribution in [0.25, 0.3) is 0 Å². The molecule has 1 aromatic carbocycles. The predicted molar refractivity (Wildman–Crippen MR) is 83.6 cm³/mol. The maximum atomic E-state index is 11.1. The Kier molecular flexibility index (Phi) is 4.74. The van der Waals surface area contributed by atoms with Crippen LogP contribution in [-0.2, 0) is 6.42 Å². The van der Waals surface area contributed by atoms with E-state index < -0.39 is 8.32 Å². The maximum absolute atomic E-state index is 11.1. The maximum Gasteiger partial charge on any atom is 0.250 e. The topological polar surface area (TPSA) is 26.3 Å². The van der Waals surface area contributed by atoms with Gasteiger partial charge in [-0.15, -0.1) is 6.58 Å². The monoisotopic (exact) mass is 276 g/mol. The summed E-state index contributed by atoms with van der Waals surface area (Å²) >= 11 is 0. The Morgan fingerprint density at radius 1 is 1.32 bits per heavy atom. The highest BCUT2D eigenvalue weighted by Crippen LogP contribution is 2.38. The zero-order chi connectivity index (χ0) is 14.7. The summed E-state index contributed by atoms with van der Waals surface area (Å²) in [7, 11) is -1.89. The third-order valence-corrected chi connectivity index (χ3v) is 8.16. The molecule has 19 heavy (non-hydrogen) atoms. The third kappa shape index (κ3) is 3.57. The minimum atomic E-state index is -1.89. The third-order valence-electron chi connectivity index (χ3n) is 3.82. The zero-order valence-corrected chi connectivity index (χ0v) is 13.6. The van der Waals surface area contributed by atoms with Crippen LogP contribution in [0.3, 0.4) is 0 Å². The molecule has 0 N–H and O–H groups in total. The second-order valence-electron chi connectivity index (χ2n) is 6.30. The van der Waals surface area contributed by atoms with Crippen LogP contribution < -0.4 is 4.43 Å². The van der Waals surface area contributed by atoms with E-state index in [2.05, 4.69) is 40.4 Å². The molecule has 0 unspecified atom stereocenters. The van der Waals surface area contributed by atoms with Crippen molar-refractivity contribution in [2.45, 2.75) is 45.3 Å². The lowest BCUT2D eigenvalue weighted by molar-refractivity contribution is 0.112. The summed E-state index contributed by atoms with van der Waals surface area (Å²) < 4.78 is 6.32. The molecule has 0 aliphatic rings. The summed E-state index contributed by atoms with van der Waals surface area (Å²) in [5, 5.41) is 0.135. The fourth-order valence-electron chi connectivity index (χ4n) is 1.58. The van der Waals surface area contributed by atoms with Crippen molar-refractivity contribution in [3.05, 3.63) is 42.0 Å². The molecule has 104 valence electrons. The molecule has 0 saturated heterocycles. The number of hydrogen-bond donors (Lipinski definition) is 0. The van der Waals surface area contributed by atoms with Crippen molar-refractivity contribution in [3.8, 4) is 5.75 Å². The number of carbonyl (C=O) groups is 1. The summed E-state index contributed by atoms with van der Waals surface area (Å²) in [5.74, 6) is 0.830. The quantitative estimate of drug-likeness (QED) is 0.446. The Hall–Kier alpha value is -1.35. The predicted octanol–water partition coefficient (Wildman–Crippen LogP) is 4.61. The van der Waals surface area contributed by atoms with E-state index >= 15 is 0 Å². The van der Waals surface area contributed by atoms with Crippen LogP contribution in [0.15, 0.2) is 30.9 Å². The first-order valence-corrected chi connectivity index (χ1v) is 9.50. The standard InChI is InChI=1S/C16H24O2Si/c1-7-9-14-13(12-17)10-8-11-15(14)18-19(5,6)16(2,3)4/h7-8,10-12H,1,9H2,2-6H3. The van der Waals surface area contributed by atoms with Gasteiger partial charge in [-0.25, -0.2) is 0 Å². The molecule has 1 rings (SSSR count). The zero-order valence-electron chi connectivity index (χ0n) is 12.6. The van der Waals surface area contributed by atoms with Gasteiger partial charge in [-0.2, -0.15) is 0 Å². The van der Waals surface area contributed by atoms with Crippen molar-refractivity contribution >= 4 is 14.6 Å². The summed E-state index contributed by atoms with van der Waals surface area (Å²) in [6.45, 7) is 14.8. The number of benzene rings is 1. The molecule has 1 aromatic rings. The van der Waals surface area contributed by atoms with Crippen LogP contribution in [0.4, 0.5) is 0 Å². The van der Waals surface area contributed by atoms with Gasteiger partial charge < -0.3 is 4.43 Å². The lowest BCUT2D eigenvalue weighted by Crippen LogP contribution is -2.44. The fraction of sp³-hybridized carbons (Fsp3) is 0.438. The van der Waals surface area contributed by atoms with E-state index in [-0.39, 0.29) is 5.04 Å². The first kappa shape index (κ1) is 15.7. The van der Waals surface area contributed by atoms with Gasteiger partial charge in [-0.05, 0) is 30.6 Å². The normalized spacial score (nSPS) is 12.1. The minimum absolute atomic E-state index is 0.135. The van der Waals surface area contributed by atoms with Gasteiger partial charge in [0.2, 0.25) is 8.32 Å². The van der Waals surface area contributed by atoms with E-state index in [1.54, 1.807) is 6.08 Å². The highest BCUT2D eigenvalue weighted by molar-refractivity contribution is 6.74. The molecule has 0 saturated carbocycles. The Morgan fingerprint density at radius 3 is 2.42 bits per heavy atom. The molecular weight excluding hydrogens is 252 g/mol. The molecule has 0 aliphatic heterocycles. The molecule has 0 amide bonds. The van der Waals surface area contributed by atoms with Crippen LogP contribution in [0, 0.1) is 0 Å². The number of rotatable bonds is 5. The SMILES string of the molecule is C=CCc1c(C=O)cccc1O[Si](C)(C)C(C)(C)C. The number of carbonyl (C=O) groups excluding carboxylic acids is 1. The Morgan fingerprint density at radius 2 is 1.95 bits per heavy atom. The van der Waals surface area contributed by atoms with Crippen LogP contribution in [-0.4, -0.2) is 14.6 Å². The van der Waals surface area contributed by atoms with E-state index in [0.717, 1.165) is 17.6 Å². The van der Waals surface area contributed by atoms with Gasteiger partial charge in [0.05, 0.1) is 0 Å². The molecule has 0 radical (unpaired) electrons. The molecule has 0 spiro atoms. The van der Waals surface area contributed by atoms with Gasteiger partial charge in [-0.1, -0.05) is 39.0 Å². The van der Waals surface area contributed by atoms with Crippen molar-refractivity contribution in [1.29, 1.82) is 0 Å². The number of allylic oxidation sites excluding steroid dienone is 1. The van der Waals surface area contributed by atoms with Gasteiger partial charge in [0.25, 0.3) is 0 Å². The first-order valence-electron chi connectivity index (χ1n) is 6.60. The molecule has 3 heteroatoms. The highest BCUT2D eigenvalue weighted by Gasteiger charge is 2.39. The molecule has 2 nitrogen and oxygen atoms in total. The van der Waals surface area contributed by atoms with E-state index in [1.165, 1.54) is 0 Å². The molecule has 0 heterocycles. The summed E-state index contributed by atoms with van der Waals surface area (Å²) in [4.78, 5) is 11.1. The van der Waals surface area contributed by atoms with Crippen LogP contribution in [0.2, 0.25) is 18.1 Å².